The predicted octanol–water partition coefficient (Wildman–Crippen LogP) is -0.252. The maximum Gasteiger partial charge on any atom is 0.332 e. The lowest BCUT2D eigenvalue weighted by atomic mass is 10.5. The van der Waals surface area contributed by atoms with Crippen molar-refractivity contribution in [2.24, 2.45) is 0 Å². The van der Waals surface area contributed by atoms with Crippen LogP contribution in [-0.2, 0) is 10.2 Å². The van der Waals surface area contributed by atoms with Crippen LogP contribution in [0.4, 0.5) is 9.59 Å². The van der Waals surface area contributed by atoms with Crippen LogP contribution in [0.25, 0.3) is 0 Å². The standard InChI is InChI=1S/C10H18N4O4S3/c15-9(13-1-5-19-6-2-13)11-21(17,18)12-10(16)14-3-7-20-8-4-14/h1-8H2,(H,11,15)(H,12,16). The second-order valence-corrected chi connectivity index (χ2v) is 8.38. The zero-order valence-corrected chi connectivity index (χ0v) is 13.9. The van der Waals surface area contributed by atoms with Crippen LogP contribution in [0.1, 0.15) is 0 Å². The van der Waals surface area contributed by atoms with Crippen LogP contribution in [0.3, 0.4) is 0 Å². The molecule has 120 valence electrons. The summed E-state index contributed by atoms with van der Waals surface area (Å²) in [5.74, 6) is 3.13. The predicted molar refractivity (Wildman–Crippen MR) is 83.8 cm³/mol. The monoisotopic (exact) mass is 354 g/mol. The SMILES string of the molecule is O=C(NS(=O)(=O)NC(=O)N1CCSCC1)N1CCSCC1. The van der Waals surface area contributed by atoms with E-state index in [9.17, 15) is 18.0 Å². The third-order valence-electron chi connectivity index (χ3n) is 3.04. The van der Waals surface area contributed by atoms with Crippen LogP contribution >= 0.6 is 23.5 Å². The quantitative estimate of drug-likeness (QED) is 0.709. The smallest absolute Gasteiger partial charge is 0.322 e. The van der Waals surface area contributed by atoms with Gasteiger partial charge >= 0.3 is 22.3 Å². The highest BCUT2D eigenvalue weighted by Gasteiger charge is 2.25. The summed E-state index contributed by atoms with van der Waals surface area (Å²) >= 11 is 3.43. The molecule has 2 aliphatic rings. The Labute approximate surface area is 132 Å². The molecule has 0 aliphatic carbocycles. The number of carbonyl (C=O) groups excluding carboxylic acids is 2. The van der Waals surface area contributed by atoms with Crippen molar-refractivity contribution in [3.63, 3.8) is 0 Å². The number of rotatable bonds is 2. The highest BCUT2D eigenvalue weighted by Crippen LogP contribution is 2.10. The topological polar surface area (TPSA) is 98.8 Å². The van der Waals surface area contributed by atoms with E-state index < -0.39 is 22.3 Å². The molecule has 0 atom stereocenters. The van der Waals surface area contributed by atoms with E-state index in [1.165, 1.54) is 9.80 Å². The van der Waals surface area contributed by atoms with Gasteiger partial charge in [0.2, 0.25) is 0 Å². The van der Waals surface area contributed by atoms with Crippen molar-refractivity contribution < 1.29 is 18.0 Å². The first-order chi connectivity index (χ1) is 9.98. The summed E-state index contributed by atoms with van der Waals surface area (Å²) in [6.07, 6.45) is 0. The maximum absolute atomic E-state index is 11.8. The van der Waals surface area contributed by atoms with Gasteiger partial charge < -0.3 is 9.80 Å². The molecule has 21 heavy (non-hydrogen) atoms. The molecular weight excluding hydrogens is 336 g/mol. The second-order valence-electron chi connectivity index (χ2n) is 4.52. The van der Waals surface area contributed by atoms with Gasteiger partial charge in [0, 0.05) is 49.2 Å². The summed E-state index contributed by atoms with van der Waals surface area (Å²) in [5, 5.41) is 0. The Kier molecular flexibility index (Phi) is 5.88. The Hall–Kier alpha value is -0.810. The van der Waals surface area contributed by atoms with Gasteiger partial charge in [-0.25, -0.2) is 19.0 Å². The third-order valence-corrected chi connectivity index (χ3v) is 5.81. The second kappa shape index (κ2) is 7.45. The molecule has 0 aromatic rings. The summed E-state index contributed by atoms with van der Waals surface area (Å²) in [6, 6.07) is -1.38. The zero-order chi connectivity index (χ0) is 15.3. The first-order valence-electron chi connectivity index (χ1n) is 6.52. The minimum absolute atomic E-state index is 0.503. The molecular formula is C10H18N4O4S3. The van der Waals surface area contributed by atoms with Gasteiger partial charge in [-0.1, -0.05) is 0 Å². The number of amides is 4. The molecule has 2 N–H and O–H groups in total. The molecule has 0 radical (unpaired) electrons. The maximum atomic E-state index is 11.8. The van der Waals surface area contributed by atoms with Crippen molar-refractivity contribution in [3.05, 3.63) is 0 Å². The highest BCUT2D eigenvalue weighted by atomic mass is 32.2. The lowest BCUT2D eigenvalue weighted by Gasteiger charge is -2.28. The van der Waals surface area contributed by atoms with Crippen LogP contribution in [0, 0.1) is 0 Å². The van der Waals surface area contributed by atoms with Crippen LogP contribution in [-0.4, -0.2) is 79.5 Å². The van der Waals surface area contributed by atoms with Gasteiger partial charge in [-0.3, -0.25) is 0 Å². The normalized spacial score (nSPS) is 20.0. The number of carbonyl (C=O) groups is 2. The molecule has 0 spiro atoms. The summed E-state index contributed by atoms with van der Waals surface area (Å²) in [7, 11) is -4.17. The minimum atomic E-state index is -4.17. The van der Waals surface area contributed by atoms with Crippen molar-refractivity contribution in [2.45, 2.75) is 0 Å². The van der Waals surface area contributed by atoms with E-state index in [2.05, 4.69) is 0 Å². The van der Waals surface area contributed by atoms with Crippen molar-refractivity contribution >= 4 is 45.8 Å². The molecule has 2 saturated heterocycles. The van der Waals surface area contributed by atoms with Crippen LogP contribution in [0.15, 0.2) is 0 Å². The highest BCUT2D eigenvalue weighted by molar-refractivity contribution is 7.99. The molecule has 0 unspecified atom stereocenters. The van der Waals surface area contributed by atoms with E-state index in [-0.39, 0.29) is 0 Å². The number of thioether (sulfide) groups is 2. The van der Waals surface area contributed by atoms with Crippen molar-refractivity contribution in [1.82, 2.24) is 19.2 Å². The summed E-state index contributed by atoms with van der Waals surface area (Å²) in [5.41, 5.74) is 0. The Morgan fingerprint density at radius 1 is 0.762 bits per heavy atom. The molecule has 11 heteroatoms. The van der Waals surface area contributed by atoms with Gasteiger partial charge in [0.25, 0.3) is 0 Å². The van der Waals surface area contributed by atoms with E-state index in [1.54, 1.807) is 23.5 Å². The largest absolute Gasteiger partial charge is 0.332 e. The summed E-state index contributed by atoms with van der Waals surface area (Å²) in [4.78, 5) is 26.5. The van der Waals surface area contributed by atoms with E-state index in [0.717, 1.165) is 23.0 Å². The molecule has 8 nitrogen and oxygen atoms in total. The van der Waals surface area contributed by atoms with E-state index in [4.69, 9.17) is 0 Å². The molecule has 2 fully saturated rings. The van der Waals surface area contributed by atoms with Crippen molar-refractivity contribution in [1.29, 1.82) is 0 Å². The van der Waals surface area contributed by atoms with Crippen molar-refractivity contribution in [3.8, 4) is 0 Å². The fraction of sp³-hybridized carbons (Fsp3) is 0.800. The summed E-state index contributed by atoms with van der Waals surface area (Å²) in [6.45, 7) is 2.01. The lowest BCUT2D eigenvalue weighted by Crippen LogP contribution is -2.53. The number of hydrogen-bond acceptors (Lipinski definition) is 6. The van der Waals surface area contributed by atoms with E-state index >= 15 is 0 Å². The van der Waals surface area contributed by atoms with Crippen LogP contribution in [0.5, 0.6) is 0 Å². The first kappa shape index (κ1) is 16.6. The van der Waals surface area contributed by atoms with Crippen LogP contribution < -0.4 is 9.44 Å². The molecule has 0 aromatic heterocycles. The molecule has 0 aromatic carbocycles. The Bertz CT molecular complexity index is 449. The Morgan fingerprint density at radius 2 is 1.10 bits per heavy atom. The lowest BCUT2D eigenvalue weighted by molar-refractivity contribution is 0.207. The molecule has 2 rings (SSSR count). The Morgan fingerprint density at radius 3 is 1.43 bits per heavy atom. The number of nitrogens with one attached hydrogen (secondary N) is 2. The van der Waals surface area contributed by atoms with E-state index in [0.29, 0.717) is 26.2 Å². The van der Waals surface area contributed by atoms with Crippen molar-refractivity contribution in [2.75, 3.05) is 49.2 Å². The number of nitrogens with zero attached hydrogens (tertiary/aromatic N) is 2. The molecule has 4 amide bonds. The van der Waals surface area contributed by atoms with E-state index in [1.807, 2.05) is 9.44 Å². The van der Waals surface area contributed by atoms with Gasteiger partial charge in [0.1, 0.15) is 0 Å². The minimum Gasteiger partial charge on any atom is -0.322 e. The average Bonchev–Trinajstić information content (AvgIpc) is 2.48. The fourth-order valence-electron chi connectivity index (χ4n) is 1.92. The fourth-order valence-corrected chi connectivity index (χ4v) is 4.49. The summed E-state index contributed by atoms with van der Waals surface area (Å²) < 4.78 is 27.4. The van der Waals surface area contributed by atoms with Gasteiger partial charge in [0.15, 0.2) is 0 Å². The molecule has 0 saturated carbocycles. The third kappa shape index (κ3) is 5.15. The van der Waals surface area contributed by atoms with Gasteiger partial charge in [-0.2, -0.15) is 31.9 Å². The molecule has 2 aliphatic heterocycles. The zero-order valence-electron chi connectivity index (χ0n) is 11.4. The average molecular weight is 354 g/mol. The number of hydrogen-bond donors (Lipinski definition) is 2. The molecule has 2 heterocycles. The van der Waals surface area contributed by atoms with Gasteiger partial charge in [-0.05, 0) is 0 Å². The van der Waals surface area contributed by atoms with Crippen LogP contribution in [0.2, 0.25) is 0 Å². The van der Waals surface area contributed by atoms with Gasteiger partial charge in [-0.15, -0.1) is 0 Å². The number of urea groups is 2. The molecule has 0 bridgehead atoms. The van der Waals surface area contributed by atoms with Gasteiger partial charge in [0.05, 0.1) is 0 Å². The Balaban J connectivity index is 1.85. The first-order valence-corrected chi connectivity index (χ1v) is 10.3.